The minimum Gasteiger partial charge on any atom is -0.364 e. The molecular weight excluding hydrogens is 312 g/mol. The van der Waals surface area contributed by atoms with Gasteiger partial charge in [-0.05, 0) is 24.8 Å². The molecule has 0 aromatic carbocycles. The monoisotopic (exact) mass is 330 g/mol. The summed E-state index contributed by atoms with van der Waals surface area (Å²) in [5.41, 5.74) is 2.90. The van der Waals surface area contributed by atoms with Gasteiger partial charge < -0.3 is 5.32 Å². The van der Waals surface area contributed by atoms with E-state index >= 15 is 0 Å². The van der Waals surface area contributed by atoms with Gasteiger partial charge in [0, 0.05) is 17.8 Å². The molecular formula is C16H19ClN6. The molecule has 4 rings (SSSR count). The van der Waals surface area contributed by atoms with Crippen molar-refractivity contribution in [3.63, 3.8) is 0 Å². The molecule has 3 aromatic rings. The van der Waals surface area contributed by atoms with Crippen molar-refractivity contribution >= 4 is 23.1 Å². The minimum atomic E-state index is 0.348. The third-order valence-electron chi connectivity index (χ3n) is 4.13. The summed E-state index contributed by atoms with van der Waals surface area (Å²) in [6.45, 7) is 4.88. The lowest BCUT2D eigenvalue weighted by Crippen LogP contribution is -2.07. The molecule has 0 spiro atoms. The van der Waals surface area contributed by atoms with Crippen LogP contribution in [0.25, 0.3) is 5.65 Å². The first-order valence-corrected chi connectivity index (χ1v) is 8.31. The molecule has 0 amide bonds. The number of halogens is 1. The number of nitrogens with one attached hydrogen (secondary N) is 1. The van der Waals surface area contributed by atoms with Gasteiger partial charge in [-0.3, -0.25) is 4.68 Å². The van der Waals surface area contributed by atoms with Crippen LogP contribution in [-0.4, -0.2) is 24.4 Å². The molecule has 0 radical (unpaired) electrons. The first kappa shape index (κ1) is 14.5. The molecule has 0 unspecified atom stereocenters. The third-order valence-corrected chi connectivity index (χ3v) is 4.32. The Morgan fingerprint density at radius 2 is 2.22 bits per heavy atom. The zero-order valence-corrected chi connectivity index (χ0v) is 14.0. The van der Waals surface area contributed by atoms with Crippen molar-refractivity contribution in [2.45, 2.75) is 45.2 Å². The lowest BCUT2D eigenvalue weighted by Gasteiger charge is -2.09. The molecule has 1 aliphatic rings. The summed E-state index contributed by atoms with van der Waals surface area (Å²) in [4.78, 5) is 4.41. The van der Waals surface area contributed by atoms with Gasteiger partial charge in [-0.2, -0.15) is 14.7 Å². The molecule has 1 fully saturated rings. The highest BCUT2D eigenvalue weighted by atomic mass is 35.5. The number of hydrogen-bond donors (Lipinski definition) is 1. The number of fused-ring (bicyclic) bond motifs is 1. The lowest BCUT2D eigenvalue weighted by atomic mass is 10.1. The Kier molecular flexibility index (Phi) is 3.49. The van der Waals surface area contributed by atoms with Crippen LogP contribution in [0.3, 0.4) is 0 Å². The second kappa shape index (κ2) is 5.53. The Morgan fingerprint density at radius 3 is 2.96 bits per heavy atom. The van der Waals surface area contributed by atoms with Crippen molar-refractivity contribution in [2.75, 3.05) is 5.32 Å². The maximum absolute atomic E-state index is 6.18. The normalized spacial score (nSPS) is 14.8. The summed E-state index contributed by atoms with van der Waals surface area (Å²) in [5.74, 6) is 1.17. The number of rotatable bonds is 5. The van der Waals surface area contributed by atoms with Gasteiger partial charge in [-0.15, -0.1) is 0 Å². The number of nitrogens with zero attached hydrogens (tertiary/aromatic N) is 5. The van der Waals surface area contributed by atoms with Gasteiger partial charge >= 0.3 is 0 Å². The van der Waals surface area contributed by atoms with Crippen molar-refractivity contribution in [3.05, 3.63) is 40.9 Å². The molecule has 1 aliphatic carbocycles. The van der Waals surface area contributed by atoms with Crippen LogP contribution in [-0.2, 0) is 6.54 Å². The fourth-order valence-electron chi connectivity index (χ4n) is 2.68. The summed E-state index contributed by atoms with van der Waals surface area (Å²) in [7, 11) is 0. The van der Waals surface area contributed by atoms with Crippen LogP contribution >= 0.6 is 11.6 Å². The van der Waals surface area contributed by atoms with Crippen molar-refractivity contribution in [1.82, 2.24) is 24.4 Å². The largest absolute Gasteiger partial charge is 0.364 e. The van der Waals surface area contributed by atoms with Gasteiger partial charge in [0.15, 0.2) is 5.65 Å². The molecule has 23 heavy (non-hydrogen) atoms. The second-order valence-electron chi connectivity index (χ2n) is 6.33. The van der Waals surface area contributed by atoms with Gasteiger partial charge in [0.2, 0.25) is 0 Å². The Labute approximate surface area is 139 Å². The van der Waals surface area contributed by atoms with E-state index in [0.29, 0.717) is 23.7 Å². The standard InChI is InChI=1S/C16H19ClN6/c1-10(2)13-9-19-23-15(7-14(17)20-16(13)23)18-8-11-5-6-22(21-11)12-3-4-12/h5-7,9-10,12,18H,3-4,8H2,1-2H3. The van der Waals surface area contributed by atoms with Gasteiger partial charge in [0.05, 0.1) is 24.5 Å². The molecule has 7 heteroatoms. The van der Waals surface area contributed by atoms with E-state index in [-0.39, 0.29) is 0 Å². The van der Waals surface area contributed by atoms with Gasteiger partial charge in [0.25, 0.3) is 0 Å². The number of anilines is 1. The van der Waals surface area contributed by atoms with Crippen LogP contribution in [0, 0.1) is 0 Å². The lowest BCUT2D eigenvalue weighted by molar-refractivity contribution is 0.631. The predicted octanol–water partition coefficient (Wildman–Crippen LogP) is 3.65. The van der Waals surface area contributed by atoms with Crippen LogP contribution < -0.4 is 5.32 Å². The second-order valence-corrected chi connectivity index (χ2v) is 6.71. The maximum Gasteiger partial charge on any atom is 0.162 e. The molecule has 0 bridgehead atoms. The maximum atomic E-state index is 6.18. The molecule has 3 heterocycles. The fraction of sp³-hybridized carbons (Fsp3) is 0.438. The molecule has 1 saturated carbocycles. The van der Waals surface area contributed by atoms with Crippen molar-refractivity contribution in [2.24, 2.45) is 0 Å². The van der Waals surface area contributed by atoms with Crippen LogP contribution in [0.5, 0.6) is 0 Å². The zero-order valence-electron chi connectivity index (χ0n) is 13.2. The quantitative estimate of drug-likeness (QED) is 0.725. The van der Waals surface area contributed by atoms with E-state index in [4.69, 9.17) is 11.6 Å². The fourth-order valence-corrected chi connectivity index (χ4v) is 2.86. The van der Waals surface area contributed by atoms with E-state index in [9.17, 15) is 0 Å². The summed E-state index contributed by atoms with van der Waals surface area (Å²) in [5, 5.41) is 12.9. The molecule has 3 aromatic heterocycles. The van der Waals surface area contributed by atoms with Crippen molar-refractivity contribution < 1.29 is 0 Å². The molecule has 0 saturated heterocycles. The zero-order chi connectivity index (χ0) is 16.0. The van der Waals surface area contributed by atoms with E-state index in [1.165, 1.54) is 12.8 Å². The van der Waals surface area contributed by atoms with Crippen molar-refractivity contribution in [3.8, 4) is 0 Å². The Hall–Kier alpha value is -2.08. The highest BCUT2D eigenvalue weighted by Crippen LogP contribution is 2.34. The smallest absolute Gasteiger partial charge is 0.162 e. The number of hydrogen-bond acceptors (Lipinski definition) is 4. The van der Waals surface area contributed by atoms with Crippen LogP contribution in [0.2, 0.25) is 5.15 Å². The summed E-state index contributed by atoms with van der Waals surface area (Å²) < 4.78 is 3.86. The molecule has 1 N–H and O–H groups in total. The third kappa shape index (κ3) is 2.79. The topological polar surface area (TPSA) is 60.0 Å². The van der Waals surface area contributed by atoms with E-state index < -0.39 is 0 Å². The molecule has 0 atom stereocenters. The van der Waals surface area contributed by atoms with Gasteiger partial charge in [0.1, 0.15) is 11.0 Å². The van der Waals surface area contributed by atoms with Crippen LogP contribution in [0.15, 0.2) is 24.5 Å². The molecule has 120 valence electrons. The van der Waals surface area contributed by atoms with Crippen LogP contribution in [0.4, 0.5) is 5.82 Å². The highest BCUT2D eigenvalue weighted by Gasteiger charge is 2.24. The van der Waals surface area contributed by atoms with E-state index in [0.717, 1.165) is 22.7 Å². The Morgan fingerprint density at radius 1 is 1.39 bits per heavy atom. The van der Waals surface area contributed by atoms with E-state index in [2.05, 4.69) is 45.2 Å². The average molecular weight is 331 g/mol. The molecule has 0 aliphatic heterocycles. The SMILES string of the molecule is CC(C)c1cnn2c(NCc3ccn(C4CC4)n3)cc(Cl)nc12. The summed E-state index contributed by atoms with van der Waals surface area (Å²) in [6, 6.07) is 4.45. The summed E-state index contributed by atoms with van der Waals surface area (Å²) >= 11 is 6.18. The Balaban J connectivity index is 1.60. The first-order valence-electron chi connectivity index (χ1n) is 7.94. The average Bonchev–Trinajstić information content (AvgIpc) is 3.09. The summed E-state index contributed by atoms with van der Waals surface area (Å²) in [6.07, 6.45) is 6.38. The predicted molar refractivity (Wildman–Crippen MR) is 89.9 cm³/mol. The van der Waals surface area contributed by atoms with Gasteiger partial charge in [-0.1, -0.05) is 25.4 Å². The Bertz CT molecular complexity index is 845. The first-order chi connectivity index (χ1) is 11.1. The number of aromatic nitrogens is 5. The van der Waals surface area contributed by atoms with Crippen molar-refractivity contribution in [1.29, 1.82) is 0 Å². The highest BCUT2D eigenvalue weighted by molar-refractivity contribution is 6.29. The molecule has 6 nitrogen and oxygen atoms in total. The van der Waals surface area contributed by atoms with E-state index in [1.54, 1.807) is 10.6 Å². The van der Waals surface area contributed by atoms with Gasteiger partial charge in [-0.25, -0.2) is 4.98 Å². The minimum absolute atomic E-state index is 0.348. The van der Waals surface area contributed by atoms with Crippen LogP contribution in [0.1, 0.15) is 49.9 Å². The van der Waals surface area contributed by atoms with E-state index in [1.807, 2.05) is 12.3 Å².